The van der Waals surface area contributed by atoms with Crippen molar-refractivity contribution in [1.82, 2.24) is 4.98 Å². The van der Waals surface area contributed by atoms with Crippen molar-refractivity contribution in [3.8, 4) is 0 Å². The summed E-state index contributed by atoms with van der Waals surface area (Å²) in [6, 6.07) is 4.86. The predicted octanol–water partition coefficient (Wildman–Crippen LogP) is 4.88. The molecule has 0 spiro atoms. The highest BCUT2D eigenvalue weighted by atomic mass is 19.3. The van der Waals surface area contributed by atoms with Crippen molar-refractivity contribution in [2.24, 2.45) is 11.8 Å². The summed E-state index contributed by atoms with van der Waals surface area (Å²) in [5, 5.41) is 0. The Hall–Kier alpha value is -1.52. The van der Waals surface area contributed by atoms with E-state index in [4.69, 9.17) is 4.74 Å². The number of alkyl halides is 2. The lowest BCUT2D eigenvalue weighted by atomic mass is 9.74. The Kier molecular flexibility index (Phi) is 6.48. The molecule has 0 bridgehead atoms. The van der Waals surface area contributed by atoms with Gasteiger partial charge in [-0.3, -0.25) is 9.78 Å². The maximum Gasteiger partial charge on any atom is 0.309 e. The van der Waals surface area contributed by atoms with Crippen LogP contribution in [0.2, 0.25) is 0 Å². The van der Waals surface area contributed by atoms with Gasteiger partial charge in [-0.25, -0.2) is 8.78 Å². The molecular formula is C18H25F2NO2. The summed E-state index contributed by atoms with van der Waals surface area (Å²) in [6.45, 7) is 4.25. The normalized spacial score (nSPS) is 22.8. The second kappa shape index (κ2) is 8.37. The number of esters is 1. The van der Waals surface area contributed by atoms with Crippen LogP contribution in [0.5, 0.6) is 0 Å². The number of nitrogens with zero attached hydrogens (tertiary/aromatic N) is 1. The van der Waals surface area contributed by atoms with Crippen LogP contribution in [-0.2, 0) is 9.53 Å². The molecule has 1 aliphatic carbocycles. The van der Waals surface area contributed by atoms with Crippen LogP contribution in [0.4, 0.5) is 8.78 Å². The van der Waals surface area contributed by atoms with Gasteiger partial charge in [0.2, 0.25) is 0 Å². The van der Waals surface area contributed by atoms with Gasteiger partial charge < -0.3 is 4.74 Å². The molecule has 0 aromatic carbocycles. The number of hydrogen-bond donors (Lipinski definition) is 0. The Morgan fingerprint density at radius 2 is 1.96 bits per heavy atom. The van der Waals surface area contributed by atoms with E-state index in [1.807, 2.05) is 19.9 Å². The summed E-state index contributed by atoms with van der Waals surface area (Å²) in [7, 11) is 0. The third kappa shape index (κ3) is 4.49. The van der Waals surface area contributed by atoms with E-state index in [2.05, 4.69) is 4.98 Å². The predicted molar refractivity (Wildman–Crippen MR) is 84.3 cm³/mol. The molecule has 1 fully saturated rings. The summed E-state index contributed by atoms with van der Waals surface area (Å²) in [5.74, 6) is 0.394. The molecule has 5 heteroatoms. The Morgan fingerprint density at radius 1 is 1.26 bits per heavy atom. The lowest BCUT2D eigenvalue weighted by Crippen LogP contribution is -2.28. The molecule has 3 nitrogen and oxygen atoms in total. The number of carbonyl (C=O) groups is 1. The molecule has 0 saturated heterocycles. The third-order valence-corrected chi connectivity index (χ3v) is 4.80. The Morgan fingerprint density at radius 3 is 2.52 bits per heavy atom. The molecule has 0 aliphatic heterocycles. The fraction of sp³-hybridized carbons (Fsp3) is 0.667. The maximum absolute atomic E-state index is 12.8. The highest BCUT2D eigenvalue weighted by Crippen LogP contribution is 2.39. The second-order valence-corrected chi connectivity index (χ2v) is 6.17. The van der Waals surface area contributed by atoms with E-state index in [0.29, 0.717) is 12.5 Å². The van der Waals surface area contributed by atoms with Crippen molar-refractivity contribution < 1.29 is 18.3 Å². The van der Waals surface area contributed by atoms with E-state index in [0.717, 1.165) is 37.8 Å². The molecule has 1 heterocycles. The van der Waals surface area contributed by atoms with Crippen molar-refractivity contribution in [2.75, 3.05) is 6.61 Å². The number of halogens is 2. The number of carbonyl (C=O) groups excluding carboxylic acids is 1. The molecule has 1 aromatic heterocycles. The molecule has 1 aliphatic rings. The van der Waals surface area contributed by atoms with Crippen LogP contribution in [0.3, 0.4) is 0 Å². The van der Waals surface area contributed by atoms with Crippen LogP contribution in [-0.4, -0.2) is 17.6 Å². The van der Waals surface area contributed by atoms with Gasteiger partial charge in [0.25, 0.3) is 6.43 Å². The largest absolute Gasteiger partial charge is 0.466 e. The fourth-order valence-corrected chi connectivity index (χ4v) is 3.58. The number of hydrogen-bond acceptors (Lipinski definition) is 3. The number of pyridine rings is 1. The van der Waals surface area contributed by atoms with E-state index >= 15 is 0 Å². The Labute approximate surface area is 136 Å². The summed E-state index contributed by atoms with van der Waals surface area (Å²) in [5.41, 5.74) is 0.605. The zero-order valence-corrected chi connectivity index (χ0v) is 13.8. The number of aromatic nitrogens is 1. The van der Waals surface area contributed by atoms with Crippen LogP contribution in [0.15, 0.2) is 18.2 Å². The van der Waals surface area contributed by atoms with Gasteiger partial charge >= 0.3 is 5.97 Å². The summed E-state index contributed by atoms with van der Waals surface area (Å²) < 4.78 is 30.7. The van der Waals surface area contributed by atoms with Crippen LogP contribution in [0, 0.1) is 11.8 Å². The molecule has 0 amide bonds. The van der Waals surface area contributed by atoms with Gasteiger partial charge in [-0.2, -0.15) is 0 Å². The molecule has 23 heavy (non-hydrogen) atoms. The highest BCUT2D eigenvalue weighted by Gasteiger charge is 2.32. The van der Waals surface area contributed by atoms with Gasteiger partial charge in [-0.05, 0) is 57.1 Å². The first kappa shape index (κ1) is 17.8. The van der Waals surface area contributed by atoms with Crippen molar-refractivity contribution in [1.29, 1.82) is 0 Å². The second-order valence-electron chi connectivity index (χ2n) is 6.17. The smallest absolute Gasteiger partial charge is 0.309 e. The molecule has 1 aromatic rings. The van der Waals surface area contributed by atoms with Gasteiger partial charge in [-0.15, -0.1) is 0 Å². The number of rotatable bonds is 6. The van der Waals surface area contributed by atoms with Crippen LogP contribution in [0.25, 0.3) is 0 Å². The van der Waals surface area contributed by atoms with E-state index < -0.39 is 6.43 Å². The van der Waals surface area contributed by atoms with E-state index in [1.54, 1.807) is 6.07 Å². The summed E-state index contributed by atoms with van der Waals surface area (Å²) in [4.78, 5) is 16.1. The van der Waals surface area contributed by atoms with Crippen LogP contribution < -0.4 is 0 Å². The zero-order chi connectivity index (χ0) is 16.8. The van der Waals surface area contributed by atoms with E-state index in [9.17, 15) is 13.6 Å². The molecular weight excluding hydrogens is 300 g/mol. The Balaban J connectivity index is 1.97. The van der Waals surface area contributed by atoms with Gasteiger partial charge in [0, 0.05) is 11.6 Å². The van der Waals surface area contributed by atoms with Gasteiger partial charge in [0.05, 0.1) is 12.5 Å². The summed E-state index contributed by atoms with van der Waals surface area (Å²) in [6.07, 6.45) is 1.87. The SMILES string of the molecule is CCOC(=O)C(CC)C1CCC(c2cccc(C(F)F)n2)CC1. The van der Waals surface area contributed by atoms with E-state index in [-0.39, 0.29) is 23.5 Å². The molecule has 1 saturated carbocycles. The van der Waals surface area contributed by atoms with Crippen molar-refractivity contribution in [2.45, 2.75) is 58.3 Å². The average molecular weight is 325 g/mol. The third-order valence-electron chi connectivity index (χ3n) is 4.80. The van der Waals surface area contributed by atoms with Gasteiger partial charge in [0.1, 0.15) is 5.69 Å². The Bertz CT molecular complexity index is 513. The molecule has 0 radical (unpaired) electrons. The average Bonchev–Trinajstić information content (AvgIpc) is 2.56. The standard InChI is InChI=1S/C18H25F2NO2/c1-3-14(18(22)23-4-2)12-8-10-13(11-9-12)15-6-5-7-16(21-15)17(19)20/h5-7,12-14,17H,3-4,8-11H2,1-2H3. The fourth-order valence-electron chi connectivity index (χ4n) is 3.58. The van der Waals surface area contributed by atoms with Gasteiger partial charge in [0.15, 0.2) is 0 Å². The zero-order valence-electron chi connectivity index (χ0n) is 13.8. The quantitative estimate of drug-likeness (QED) is 0.700. The van der Waals surface area contributed by atoms with Crippen molar-refractivity contribution >= 4 is 5.97 Å². The lowest BCUT2D eigenvalue weighted by molar-refractivity contribution is -0.150. The number of ether oxygens (including phenoxy) is 1. The van der Waals surface area contributed by atoms with Crippen LogP contribution >= 0.6 is 0 Å². The molecule has 2 rings (SSSR count). The molecule has 128 valence electrons. The lowest BCUT2D eigenvalue weighted by Gasteiger charge is -2.32. The first-order chi connectivity index (χ1) is 11.1. The van der Waals surface area contributed by atoms with Crippen LogP contribution in [0.1, 0.15) is 69.7 Å². The first-order valence-electron chi connectivity index (χ1n) is 8.48. The topological polar surface area (TPSA) is 39.2 Å². The minimum atomic E-state index is -2.53. The molecule has 1 atom stereocenters. The van der Waals surface area contributed by atoms with E-state index in [1.165, 1.54) is 6.07 Å². The monoisotopic (exact) mass is 325 g/mol. The first-order valence-corrected chi connectivity index (χ1v) is 8.48. The minimum Gasteiger partial charge on any atom is -0.466 e. The highest BCUT2D eigenvalue weighted by molar-refractivity contribution is 5.72. The maximum atomic E-state index is 12.8. The molecule has 1 unspecified atom stereocenters. The summed E-state index contributed by atoms with van der Waals surface area (Å²) >= 11 is 0. The van der Waals surface area contributed by atoms with Crippen molar-refractivity contribution in [3.63, 3.8) is 0 Å². The molecule has 0 N–H and O–H groups in total. The van der Waals surface area contributed by atoms with Gasteiger partial charge in [-0.1, -0.05) is 13.0 Å². The minimum absolute atomic E-state index is 0.0451. The van der Waals surface area contributed by atoms with Crippen molar-refractivity contribution in [3.05, 3.63) is 29.6 Å².